The summed E-state index contributed by atoms with van der Waals surface area (Å²) < 4.78 is 19.9. The second kappa shape index (κ2) is 4.53. The summed E-state index contributed by atoms with van der Waals surface area (Å²) in [5, 5.41) is 0. The third kappa shape index (κ3) is 1.88. The Hall–Kier alpha value is -1.91. The molecule has 0 spiro atoms. The molecule has 2 aromatic rings. The molecule has 0 bridgehead atoms. The van der Waals surface area contributed by atoms with Gasteiger partial charge in [-0.15, -0.1) is 0 Å². The third-order valence-corrected chi connectivity index (χ3v) is 2.54. The topological polar surface area (TPSA) is 44.1 Å². The van der Waals surface area contributed by atoms with Gasteiger partial charge >= 0.3 is 5.97 Å². The molecule has 90 valence electrons. The van der Waals surface area contributed by atoms with Crippen molar-refractivity contribution in [1.29, 1.82) is 0 Å². The summed E-state index contributed by atoms with van der Waals surface area (Å²) in [5.74, 6) is -0.828. The first-order valence-electron chi connectivity index (χ1n) is 5.42. The van der Waals surface area contributed by atoms with Crippen LogP contribution in [0.3, 0.4) is 0 Å². The van der Waals surface area contributed by atoms with Crippen LogP contribution in [0.15, 0.2) is 18.2 Å². The first-order valence-corrected chi connectivity index (χ1v) is 5.42. The van der Waals surface area contributed by atoms with Gasteiger partial charge in [0.25, 0.3) is 0 Å². The number of fused-ring (bicyclic) bond motifs is 1. The lowest BCUT2D eigenvalue weighted by molar-refractivity contribution is 0.0582. The highest BCUT2D eigenvalue weighted by atomic mass is 19.1. The van der Waals surface area contributed by atoms with E-state index in [1.807, 2.05) is 6.92 Å². The Kier molecular flexibility index (Phi) is 3.08. The lowest BCUT2D eigenvalue weighted by Gasteiger charge is -2.05. The number of benzene rings is 1. The van der Waals surface area contributed by atoms with E-state index in [1.54, 1.807) is 16.7 Å². The van der Waals surface area contributed by atoms with E-state index in [2.05, 4.69) is 9.72 Å². The average Bonchev–Trinajstić information content (AvgIpc) is 2.70. The molecule has 5 heteroatoms. The summed E-state index contributed by atoms with van der Waals surface area (Å²) in [6.07, 6.45) is 0.825. The zero-order chi connectivity index (χ0) is 12.4. The standard InChI is InChI=1S/C12H13FN2O2/c1-3-7-15-9-6-4-5-8(13)10(9)14-11(15)12(16)17-2/h4-6H,3,7H2,1-2H3. The number of aryl methyl sites for hydroxylation is 1. The number of carbonyl (C=O) groups excluding carboxylic acids is 1. The maximum Gasteiger partial charge on any atom is 0.374 e. The van der Waals surface area contributed by atoms with Crippen LogP contribution in [0.2, 0.25) is 0 Å². The fourth-order valence-corrected chi connectivity index (χ4v) is 1.81. The minimum Gasteiger partial charge on any atom is -0.463 e. The lowest BCUT2D eigenvalue weighted by atomic mass is 10.3. The molecule has 0 saturated carbocycles. The van der Waals surface area contributed by atoms with Crippen LogP contribution in [-0.2, 0) is 11.3 Å². The molecule has 0 unspecified atom stereocenters. The van der Waals surface area contributed by atoms with E-state index in [4.69, 9.17) is 0 Å². The molecule has 17 heavy (non-hydrogen) atoms. The van der Waals surface area contributed by atoms with Crippen LogP contribution in [-0.4, -0.2) is 22.6 Å². The number of methoxy groups -OCH3 is 1. The molecule has 0 aliphatic carbocycles. The molecular weight excluding hydrogens is 223 g/mol. The minimum atomic E-state index is -0.547. The highest BCUT2D eigenvalue weighted by Gasteiger charge is 2.19. The summed E-state index contributed by atoms with van der Waals surface area (Å²) >= 11 is 0. The van der Waals surface area contributed by atoms with E-state index in [1.165, 1.54) is 13.2 Å². The zero-order valence-corrected chi connectivity index (χ0v) is 9.74. The van der Waals surface area contributed by atoms with E-state index >= 15 is 0 Å². The minimum absolute atomic E-state index is 0.148. The van der Waals surface area contributed by atoms with E-state index in [0.717, 1.165) is 6.42 Å². The molecule has 0 N–H and O–H groups in total. The van der Waals surface area contributed by atoms with Gasteiger partial charge in [-0.3, -0.25) is 0 Å². The van der Waals surface area contributed by atoms with Gasteiger partial charge in [0.05, 0.1) is 12.6 Å². The van der Waals surface area contributed by atoms with Crippen LogP contribution in [0.4, 0.5) is 4.39 Å². The maximum absolute atomic E-state index is 13.6. The number of hydrogen-bond donors (Lipinski definition) is 0. The number of rotatable bonds is 3. The van der Waals surface area contributed by atoms with Crippen molar-refractivity contribution < 1.29 is 13.9 Å². The number of nitrogens with zero attached hydrogens (tertiary/aromatic N) is 2. The van der Waals surface area contributed by atoms with Gasteiger partial charge in [0.1, 0.15) is 5.52 Å². The molecule has 0 radical (unpaired) electrons. The molecule has 0 amide bonds. The summed E-state index contributed by atoms with van der Waals surface area (Å²) in [6, 6.07) is 4.67. The molecule has 1 aromatic carbocycles. The Balaban J connectivity index is 2.70. The summed E-state index contributed by atoms with van der Waals surface area (Å²) in [4.78, 5) is 15.6. The van der Waals surface area contributed by atoms with Crippen LogP contribution >= 0.6 is 0 Å². The smallest absolute Gasteiger partial charge is 0.374 e. The predicted molar refractivity (Wildman–Crippen MR) is 61.3 cm³/mol. The van der Waals surface area contributed by atoms with Crippen LogP contribution in [0.1, 0.15) is 24.0 Å². The quantitative estimate of drug-likeness (QED) is 0.768. The second-order valence-electron chi connectivity index (χ2n) is 3.69. The van der Waals surface area contributed by atoms with Gasteiger partial charge in [0, 0.05) is 6.54 Å². The normalized spacial score (nSPS) is 10.8. The van der Waals surface area contributed by atoms with Gasteiger partial charge in [0.15, 0.2) is 5.82 Å². The number of halogens is 1. The number of carbonyl (C=O) groups is 1. The molecule has 0 atom stereocenters. The van der Waals surface area contributed by atoms with E-state index < -0.39 is 11.8 Å². The van der Waals surface area contributed by atoms with Crippen molar-refractivity contribution in [1.82, 2.24) is 9.55 Å². The number of aromatic nitrogens is 2. The Morgan fingerprint density at radius 3 is 2.94 bits per heavy atom. The summed E-state index contributed by atoms with van der Waals surface area (Å²) in [6.45, 7) is 2.58. The summed E-state index contributed by atoms with van der Waals surface area (Å²) in [5.41, 5.74) is 0.827. The van der Waals surface area contributed by atoms with E-state index in [-0.39, 0.29) is 11.3 Å². The molecule has 0 aliphatic rings. The molecule has 0 fully saturated rings. The van der Waals surface area contributed by atoms with Crippen molar-refractivity contribution in [2.45, 2.75) is 19.9 Å². The fraction of sp³-hybridized carbons (Fsp3) is 0.333. The summed E-state index contributed by atoms with van der Waals surface area (Å²) in [7, 11) is 1.29. The maximum atomic E-state index is 13.6. The van der Waals surface area contributed by atoms with Crippen molar-refractivity contribution in [2.24, 2.45) is 0 Å². The number of hydrogen-bond acceptors (Lipinski definition) is 3. The third-order valence-electron chi connectivity index (χ3n) is 2.54. The molecule has 0 saturated heterocycles. The number of esters is 1. The van der Waals surface area contributed by atoms with E-state index in [0.29, 0.717) is 12.1 Å². The molecule has 1 heterocycles. The highest BCUT2D eigenvalue weighted by Crippen LogP contribution is 2.20. The molecule has 1 aromatic heterocycles. The van der Waals surface area contributed by atoms with Gasteiger partial charge in [-0.1, -0.05) is 13.0 Å². The van der Waals surface area contributed by atoms with Gasteiger partial charge in [-0.2, -0.15) is 0 Å². The Labute approximate surface area is 98.0 Å². The average molecular weight is 236 g/mol. The number of imidazole rings is 1. The molecular formula is C12H13FN2O2. The highest BCUT2D eigenvalue weighted by molar-refractivity contribution is 5.91. The van der Waals surface area contributed by atoms with Crippen LogP contribution in [0.25, 0.3) is 11.0 Å². The van der Waals surface area contributed by atoms with Crippen LogP contribution in [0, 0.1) is 5.82 Å². The first-order chi connectivity index (χ1) is 8.19. The predicted octanol–water partition coefficient (Wildman–Crippen LogP) is 2.37. The van der Waals surface area contributed by atoms with Crippen LogP contribution < -0.4 is 0 Å². The molecule has 2 rings (SSSR count). The van der Waals surface area contributed by atoms with Crippen molar-refractivity contribution in [3.05, 3.63) is 29.8 Å². The van der Waals surface area contributed by atoms with Gasteiger partial charge in [-0.25, -0.2) is 14.2 Å². The number of para-hydroxylation sites is 1. The Morgan fingerprint density at radius 1 is 1.53 bits per heavy atom. The SMILES string of the molecule is CCCn1c(C(=O)OC)nc2c(F)cccc21. The Morgan fingerprint density at radius 2 is 2.29 bits per heavy atom. The largest absolute Gasteiger partial charge is 0.463 e. The van der Waals surface area contributed by atoms with Gasteiger partial charge in [0.2, 0.25) is 5.82 Å². The monoisotopic (exact) mass is 236 g/mol. The molecule has 4 nitrogen and oxygen atoms in total. The second-order valence-corrected chi connectivity index (χ2v) is 3.69. The van der Waals surface area contributed by atoms with Crippen molar-refractivity contribution in [2.75, 3.05) is 7.11 Å². The van der Waals surface area contributed by atoms with Crippen molar-refractivity contribution in [3.63, 3.8) is 0 Å². The zero-order valence-electron chi connectivity index (χ0n) is 9.74. The molecule has 0 aliphatic heterocycles. The van der Waals surface area contributed by atoms with Crippen molar-refractivity contribution >= 4 is 17.0 Å². The lowest BCUT2D eigenvalue weighted by Crippen LogP contribution is -2.11. The van der Waals surface area contributed by atoms with Gasteiger partial charge < -0.3 is 9.30 Å². The van der Waals surface area contributed by atoms with E-state index in [9.17, 15) is 9.18 Å². The van der Waals surface area contributed by atoms with Gasteiger partial charge in [-0.05, 0) is 18.6 Å². The van der Waals surface area contributed by atoms with Crippen LogP contribution in [0.5, 0.6) is 0 Å². The number of ether oxygens (including phenoxy) is 1. The van der Waals surface area contributed by atoms with Crippen molar-refractivity contribution in [3.8, 4) is 0 Å². The fourth-order valence-electron chi connectivity index (χ4n) is 1.81. The Bertz CT molecular complexity index is 563. The first kappa shape index (κ1) is 11.6.